The van der Waals surface area contributed by atoms with Crippen molar-refractivity contribution in [2.75, 3.05) is 13.6 Å². The number of hydrogen-bond donors (Lipinski definition) is 0. The fourth-order valence-electron chi connectivity index (χ4n) is 2.41. The summed E-state index contributed by atoms with van der Waals surface area (Å²) in [5.74, 6) is 0.419. The van der Waals surface area contributed by atoms with Crippen molar-refractivity contribution in [1.29, 1.82) is 0 Å². The molecule has 2 aliphatic rings. The second kappa shape index (κ2) is 5.36. The van der Waals surface area contributed by atoms with E-state index < -0.39 is 17.6 Å². The van der Waals surface area contributed by atoms with Gasteiger partial charge in [-0.25, -0.2) is 9.69 Å². The summed E-state index contributed by atoms with van der Waals surface area (Å²) < 4.78 is 10.2. The fourth-order valence-corrected chi connectivity index (χ4v) is 2.41. The highest BCUT2D eigenvalue weighted by Crippen LogP contribution is 2.40. The molecule has 2 fully saturated rings. The van der Waals surface area contributed by atoms with Gasteiger partial charge in [0.05, 0.1) is 6.54 Å². The first-order valence-electron chi connectivity index (χ1n) is 7.52. The molecule has 0 N–H and O–H groups in total. The molecule has 0 atom stereocenters. The molecular weight excluding hydrogens is 302 g/mol. The molecule has 1 aromatic rings. The van der Waals surface area contributed by atoms with E-state index in [9.17, 15) is 14.4 Å². The van der Waals surface area contributed by atoms with E-state index in [1.807, 2.05) is 6.07 Å². The highest BCUT2D eigenvalue weighted by molar-refractivity contribution is 6.04. The number of aromatic nitrogens is 1. The third kappa shape index (κ3) is 3.06. The summed E-state index contributed by atoms with van der Waals surface area (Å²) in [7, 11) is 1.59. The third-order valence-electron chi connectivity index (χ3n) is 4.00. The largest absolute Gasteiger partial charge is 0.433 e. The summed E-state index contributed by atoms with van der Waals surface area (Å²) in [6.07, 6.45) is 1.43. The predicted octanol–water partition coefficient (Wildman–Crippen LogP) is 1.27. The topological polar surface area (TPSA) is 93.0 Å². The molecule has 1 aromatic heterocycles. The van der Waals surface area contributed by atoms with E-state index in [0.29, 0.717) is 11.6 Å². The average molecular weight is 321 g/mol. The number of nitrogens with zero attached hydrogens (tertiary/aromatic N) is 3. The monoisotopic (exact) mass is 321 g/mol. The normalized spacial score (nSPS) is 19.9. The van der Waals surface area contributed by atoms with E-state index in [-0.39, 0.29) is 19.0 Å². The number of imide groups is 1. The number of hydrogen-bond acceptors (Lipinski definition) is 6. The maximum Gasteiger partial charge on any atom is 0.418 e. The lowest BCUT2D eigenvalue weighted by Crippen LogP contribution is -2.43. The summed E-state index contributed by atoms with van der Waals surface area (Å²) in [5.41, 5.74) is -0.570. The van der Waals surface area contributed by atoms with Gasteiger partial charge in [0, 0.05) is 19.0 Å². The number of amides is 3. The summed E-state index contributed by atoms with van der Waals surface area (Å²) in [4.78, 5) is 38.2. The molecule has 0 bridgehead atoms. The van der Waals surface area contributed by atoms with Crippen LogP contribution < -0.4 is 0 Å². The van der Waals surface area contributed by atoms with Crippen LogP contribution in [0.3, 0.4) is 0 Å². The van der Waals surface area contributed by atoms with Crippen molar-refractivity contribution in [2.24, 2.45) is 0 Å². The molecule has 0 spiro atoms. The van der Waals surface area contributed by atoms with Crippen molar-refractivity contribution < 1.29 is 23.6 Å². The third-order valence-corrected chi connectivity index (χ3v) is 4.00. The van der Waals surface area contributed by atoms with Gasteiger partial charge in [0.25, 0.3) is 5.91 Å². The zero-order valence-corrected chi connectivity index (χ0v) is 13.4. The standard InChI is InChI=1S/C15H19N3O5/c1-15(2)13(20)18(14(21)22-15)8-12(19)17(3)7-10-6-11(23-16-10)9-4-5-9/h6,9H,4-5,7-8H2,1-3H3. The molecular formula is C15H19N3O5. The van der Waals surface area contributed by atoms with Gasteiger partial charge in [0.1, 0.15) is 18.0 Å². The van der Waals surface area contributed by atoms with E-state index in [4.69, 9.17) is 9.26 Å². The van der Waals surface area contributed by atoms with Crippen LogP contribution in [0, 0.1) is 0 Å². The molecule has 3 rings (SSSR count). The van der Waals surface area contributed by atoms with E-state index in [2.05, 4.69) is 5.16 Å². The minimum absolute atomic E-state index is 0.259. The minimum atomic E-state index is -1.22. The maximum absolute atomic E-state index is 12.2. The van der Waals surface area contributed by atoms with Crippen molar-refractivity contribution in [3.8, 4) is 0 Å². The summed E-state index contributed by atoms with van der Waals surface area (Å²) in [6, 6.07) is 1.85. The molecule has 8 heteroatoms. The highest BCUT2D eigenvalue weighted by Gasteiger charge is 2.47. The number of ether oxygens (including phenoxy) is 1. The van der Waals surface area contributed by atoms with E-state index in [1.54, 1.807) is 7.05 Å². The average Bonchev–Trinajstić information content (AvgIpc) is 3.19. The molecule has 8 nitrogen and oxygen atoms in total. The Kier molecular flexibility index (Phi) is 3.62. The molecule has 124 valence electrons. The molecule has 1 saturated heterocycles. The zero-order chi connectivity index (χ0) is 16.8. The van der Waals surface area contributed by atoms with Gasteiger partial charge >= 0.3 is 6.09 Å². The number of cyclic esters (lactones) is 1. The van der Waals surface area contributed by atoms with Crippen LogP contribution in [0.4, 0.5) is 4.79 Å². The van der Waals surface area contributed by atoms with Crippen LogP contribution in [0.1, 0.15) is 44.1 Å². The second-order valence-corrected chi connectivity index (χ2v) is 6.51. The van der Waals surface area contributed by atoms with Crippen LogP contribution in [-0.4, -0.2) is 52.1 Å². The van der Waals surface area contributed by atoms with Crippen molar-refractivity contribution in [3.63, 3.8) is 0 Å². The first-order chi connectivity index (χ1) is 10.8. The zero-order valence-electron chi connectivity index (χ0n) is 13.4. The van der Waals surface area contributed by atoms with Gasteiger partial charge in [0.2, 0.25) is 5.91 Å². The Balaban J connectivity index is 1.59. The molecule has 2 heterocycles. The molecule has 0 radical (unpaired) electrons. The van der Waals surface area contributed by atoms with Gasteiger partial charge in [-0.1, -0.05) is 5.16 Å². The molecule has 0 aromatic carbocycles. The lowest BCUT2D eigenvalue weighted by Gasteiger charge is -2.19. The van der Waals surface area contributed by atoms with E-state index >= 15 is 0 Å². The van der Waals surface area contributed by atoms with Gasteiger partial charge in [-0.05, 0) is 26.7 Å². The van der Waals surface area contributed by atoms with Gasteiger partial charge in [-0.3, -0.25) is 9.59 Å². The molecule has 1 aliphatic carbocycles. The highest BCUT2D eigenvalue weighted by atomic mass is 16.6. The van der Waals surface area contributed by atoms with Crippen LogP contribution in [0.5, 0.6) is 0 Å². The number of carbonyl (C=O) groups excluding carboxylic acids is 3. The summed E-state index contributed by atoms with van der Waals surface area (Å²) in [5, 5.41) is 3.94. The van der Waals surface area contributed by atoms with E-state index in [0.717, 1.165) is 23.5 Å². The maximum atomic E-state index is 12.2. The first kappa shape index (κ1) is 15.5. The predicted molar refractivity (Wildman–Crippen MR) is 77.2 cm³/mol. The van der Waals surface area contributed by atoms with Gasteiger partial charge in [0.15, 0.2) is 5.60 Å². The summed E-state index contributed by atoms with van der Waals surface area (Å²) in [6.45, 7) is 2.91. The van der Waals surface area contributed by atoms with Gasteiger partial charge in [-0.2, -0.15) is 0 Å². The Morgan fingerprint density at radius 3 is 2.70 bits per heavy atom. The lowest BCUT2D eigenvalue weighted by atomic mass is 10.1. The van der Waals surface area contributed by atoms with Gasteiger partial charge in [-0.15, -0.1) is 0 Å². The Morgan fingerprint density at radius 1 is 1.43 bits per heavy atom. The number of likely N-dealkylation sites (N-methyl/N-ethyl adjacent to an activating group) is 1. The lowest BCUT2D eigenvalue weighted by molar-refractivity contribution is -0.139. The van der Waals surface area contributed by atoms with Crippen LogP contribution in [0.25, 0.3) is 0 Å². The van der Waals surface area contributed by atoms with Crippen molar-refractivity contribution in [1.82, 2.24) is 15.0 Å². The van der Waals surface area contributed by atoms with Crippen molar-refractivity contribution in [2.45, 2.75) is 44.8 Å². The van der Waals surface area contributed by atoms with Gasteiger partial charge < -0.3 is 14.2 Å². The number of rotatable bonds is 5. The Morgan fingerprint density at radius 2 is 2.13 bits per heavy atom. The first-order valence-corrected chi connectivity index (χ1v) is 7.52. The fraction of sp³-hybridized carbons (Fsp3) is 0.600. The van der Waals surface area contributed by atoms with Crippen molar-refractivity contribution >= 4 is 17.9 Å². The Hall–Kier alpha value is -2.38. The smallest absolute Gasteiger partial charge is 0.418 e. The molecule has 3 amide bonds. The Labute approximate surface area is 133 Å². The van der Waals surface area contributed by atoms with Crippen molar-refractivity contribution in [3.05, 3.63) is 17.5 Å². The quantitative estimate of drug-likeness (QED) is 0.811. The Bertz CT molecular complexity index is 662. The van der Waals surface area contributed by atoms with Crippen LogP contribution in [0.15, 0.2) is 10.6 Å². The SMILES string of the molecule is CN(Cc1cc(C2CC2)on1)C(=O)CN1C(=O)OC(C)(C)C1=O. The molecule has 23 heavy (non-hydrogen) atoms. The van der Waals surface area contributed by atoms with E-state index in [1.165, 1.54) is 18.7 Å². The molecule has 1 aliphatic heterocycles. The van der Waals surface area contributed by atoms with Crippen LogP contribution in [-0.2, 0) is 20.9 Å². The minimum Gasteiger partial charge on any atom is -0.433 e. The van der Waals surface area contributed by atoms with Crippen LogP contribution >= 0.6 is 0 Å². The summed E-state index contributed by atoms with van der Waals surface area (Å²) >= 11 is 0. The van der Waals surface area contributed by atoms with Crippen LogP contribution in [0.2, 0.25) is 0 Å². The second-order valence-electron chi connectivity index (χ2n) is 6.51. The molecule has 1 saturated carbocycles. The molecule has 0 unspecified atom stereocenters. The number of carbonyl (C=O) groups is 3.